The summed E-state index contributed by atoms with van der Waals surface area (Å²) >= 11 is 1.51. The Hall–Kier alpha value is -1.63. The van der Waals surface area contributed by atoms with Gasteiger partial charge in [-0.25, -0.2) is 9.78 Å². The Morgan fingerprint density at radius 1 is 1.53 bits per heavy atom. The topological polar surface area (TPSA) is 82.5 Å². The van der Waals surface area contributed by atoms with Crippen molar-refractivity contribution in [2.45, 2.75) is 20.3 Å². The van der Waals surface area contributed by atoms with Crippen LogP contribution in [-0.2, 0) is 11.2 Å². The van der Waals surface area contributed by atoms with Crippen molar-refractivity contribution in [1.82, 2.24) is 15.2 Å². The van der Waals surface area contributed by atoms with Crippen LogP contribution in [0.2, 0.25) is 0 Å². The van der Waals surface area contributed by atoms with E-state index in [-0.39, 0.29) is 18.5 Å². The first-order valence-electron chi connectivity index (χ1n) is 6.10. The van der Waals surface area contributed by atoms with Crippen LogP contribution in [-0.4, -0.2) is 46.6 Å². The Kier molecular flexibility index (Phi) is 6.27. The lowest BCUT2D eigenvalue weighted by molar-refractivity contribution is -0.137. The number of rotatable bonds is 7. The number of carbonyl (C=O) groups excluding carboxylic acids is 1. The average Bonchev–Trinajstić information content (AvgIpc) is 2.79. The fraction of sp³-hybridized carbons (Fsp3) is 0.583. The molecule has 1 heterocycles. The number of nitrogens with zero attached hydrogens (tertiary/aromatic N) is 2. The second kappa shape index (κ2) is 7.73. The highest BCUT2D eigenvalue weighted by molar-refractivity contribution is 7.07. The van der Waals surface area contributed by atoms with Gasteiger partial charge in [0.05, 0.1) is 11.2 Å². The molecule has 1 aromatic heterocycles. The van der Waals surface area contributed by atoms with Gasteiger partial charge in [-0.2, -0.15) is 0 Å². The van der Waals surface area contributed by atoms with Crippen LogP contribution in [0.5, 0.6) is 0 Å². The van der Waals surface area contributed by atoms with Gasteiger partial charge >= 0.3 is 12.0 Å². The molecule has 0 aromatic carbocycles. The lowest BCUT2D eigenvalue weighted by Gasteiger charge is -2.22. The molecule has 0 aliphatic rings. The van der Waals surface area contributed by atoms with Crippen molar-refractivity contribution in [3.63, 3.8) is 0 Å². The highest BCUT2D eigenvalue weighted by Gasteiger charge is 2.17. The van der Waals surface area contributed by atoms with E-state index >= 15 is 0 Å². The molecule has 0 atom stereocenters. The molecule has 19 heavy (non-hydrogen) atoms. The van der Waals surface area contributed by atoms with Crippen LogP contribution in [0.3, 0.4) is 0 Å². The van der Waals surface area contributed by atoms with Crippen LogP contribution in [0.15, 0.2) is 10.9 Å². The summed E-state index contributed by atoms with van der Waals surface area (Å²) in [6.07, 6.45) is 0.651. The number of carboxylic acid groups (broad SMARTS) is 1. The highest BCUT2D eigenvalue weighted by atomic mass is 32.1. The van der Waals surface area contributed by atoms with E-state index in [1.165, 1.54) is 16.2 Å². The van der Waals surface area contributed by atoms with Gasteiger partial charge in [-0.3, -0.25) is 4.79 Å². The fourth-order valence-corrected chi connectivity index (χ4v) is 2.19. The first-order chi connectivity index (χ1) is 8.99. The Bertz CT molecular complexity index is 406. The van der Waals surface area contributed by atoms with E-state index in [0.29, 0.717) is 19.5 Å². The molecule has 0 radical (unpaired) electrons. The molecule has 0 aliphatic heterocycles. The third kappa shape index (κ3) is 6.19. The minimum absolute atomic E-state index is 0.226. The molecule has 1 aromatic rings. The minimum Gasteiger partial charge on any atom is -0.480 e. The molecular weight excluding hydrogens is 266 g/mol. The Balaban J connectivity index is 2.40. The molecule has 1 rings (SSSR count). The van der Waals surface area contributed by atoms with Gasteiger partial charge in [0.1, 0.15) is 6.54 Å². The van der Waals surface area contributed by atoms with Gasteiger partial charge in [-0.15, -0.1) is 11.3 Å². The van der Waals surface area contributed by atoms with Gasteiger partial charge in [-0.1, -0.05) is 13.8 Å². The largest absolute Gasteiger partial charge is 0.480 e. The molecule has 2 amide bonds. The zero-order valence-electron chi connectivity index (χ0n) is 11.1. The third-order valence-corrected chi connectivity index (χ3v) is 2.97. The van der Waals surface area contributed by atoms with Crippen molar-refractivity contribution >= 4 is 23.3 Å². The van der Waals surface area contributed by atoms with Crippen LogP contribution in [0.1, 0.15) is 19.5 Å². The predicted octanol–water partition coefficient (Wildman–Crippen LogP) is 1.44. The molecule has 0 bridgehead atoms. The lowest BCUT2D eigenvalue weighted by atomic mass is 10.2. The average molecular weight is 285 g/mol. The van der Waals surface area contributed by atoms with Crippen LogP contribution in [0, 0.1) is 5.92 Å². The summed E-state index contributed by atoms with van der Waals surface area (Å²) in [6.45, 7) is 4.49. The number of aromatic nitrogens is 1. The molecule has 0 unspecified atom stereocenters. The molecule has 2 N–H and O–H groups in total. The van der Waals surface area contributed by atoms with Crippen LogP contribution < -0.4 is 5.32 Å². The summed E-state index contributed by atoms with van der Waals surface area (Å²) in [5.74, 6) is -0.779. The second-order valence-corrected chi connectivity index (χ2v) is 5.35. The van der Waals surface area contributed by atoms with Gasteiger partial charge in [-0.05, 0) is 5.92 Å². The second-order valence-electron chi connectivity index (χ2n) is 4.63. The SMILES string of the molecule is CC(C)CN(CC(=O)O)C(=O)NCCc1cscn1. The molecule has 0 saturated carbocycles. The van der Waals surface area contributed by atoms with Gasteiger partial charge in [0.25, 0.3) is 0 Å². The van der Waals surface area contributed by atoms with Gasteiger partial charge < -0.3 is 15.3 Å². The molecule has 0 aliphatic carbocycles. The van der Waals surface area contributed by atoms with Crippen molar-refractivity contribution in [2.75, 3.05) is 19.6 Å². The van der Waals surface area contributed by atoms with E-state index < -0.39 is 5.97 Å². The first-order valence-corrected chi connectivity index (χ1v) is 7.05. The number of amides is 2. The third-order valence-electron chi connectivity index (χ3n) is 2.34. The number of hydrogen-bond donors (Lipinski definition) is 2. The van der Waals surface area contributed by atoms with Crippen LogP contribution >= 0.6 is 11.3 Å². The Morgan fingerprint density at radius 2 is 2.26 bits per heavy atom. The van der Waals surface area contributed by atoms with E-state index in [9.17, 15) is 9.59 Å². The van der Waals surface area contributed by atoms with E-state index in [1.807, 2.05) is 19.2 Å². The van der Waals surface area contributed by atoms with E-state index in [4.69, 9.17) is 5.11 Å². The highest BCUT2D eigenvalue weighted by Crippen LogP contribution is 2.02. The number of thiazole rings is 1. The summed E-state index contributed by atoms with van der Waals surface area (Å²) in [4.78, 5) is 28.0. The maximum atomic E-state index is 11.9. The van der Waals surface area contributed by atoms with Crippen molar-refractivity contribution in [1.29, 1.82) is 0 Å². The maximum absolute atomic E-state index is 11.9. The van der Waals surface area contributed by atoms with Gasteiger partial charge in [0, 0.05) is 24.9 Å². The quantitative estimate of drug-likeness (QED) is 0.794. The van der Waals surface area contributed by atoms with E-state index in [2.05, 4.69) is 10.3 Å². The minimum atomic E-state index is -1.00. The van der Waals surface area contributed by atoms with E-state index in [1.54, 1.807) is 5.51 Å². The monoisotopic (exact) mass is 285 g/mol. The Labute approximate surface area is 116 Å². The normalized spacial score (nSPS) is 10.5. The van der Waals surface area contributed by atoms with Crippen molar-refractivity contribution in [2.24, 2.45) is 5.92 Å². The van der Waals surface area contributed by atoms with Crippen LogP contribution in [0.4, 0.5) is 4.79 Å². The number of nitrogens with one attached hydrogen (secondary N) is 1. The fourth-order valence-electron chi connectivity index (χ4n) is 1.59. The molecule has 0 fully saturated rings. The number of urea groups is 1. The standard InChI is InChI=1S/C12H19N3O3S/c1-9(2)5-15(6-11(16)17)12(18)13-4-3-10-7-19-8-14-10/h7-9H,3-6H2,1-2H3,(H,13,18)(H,16,17). The lowest BCUT2D eigenvalue weighted by Crippen LogP contribution is -2.45. The Morgan fingerprint density at radius 3 is 2.79 bits per heavy atom. The van der Waals surface area contributed by atoms with Gasteiger partial charge in [0.2, 0.25) is 0 Å². The molecular formula is C12H19N3O3S. The molecule has 6 nitrogen and oxygen atoms in total. The van der Waals surface area contributed by atoms with Gasteiger partial charge in [0.15, 0.2) is 0 Å². The zero-order chi connectivity index (χ0) is 14.3. The summed E-state index contributed by atoms with van der Waals surface area (Å²) < 4.78 is 0. The van der Waals surface area contributed by atoms with Crippen molar-refractivity contribution in [3.05, 3.63) is 16.6 Å². The summed E-state index contributed by atoms with van der Waals surface area (Å²) in [5.41, 5.74) is 2.67. The molecule has 0 saturated heterocycles. The van der Waals surface area contributed by atoms with Crippen molar-refractivity contribution < 1.29 is 14.7 Å². The molecule has 7 heteroatoms. The maximum Gasteiger partial charge on any atom is 0.323 e. The first kappa shape index (κ1) is 15.4. The summed E-state index contributed by atoms with van der Waals surface area (Å²) in [6, 6.07) is -0.341. The smallest absolute Gasteiger partial charge is 0.323 e. The number of hydrogen-bond acceptors (Lipinski definition) is 4. The summed E-state index contributed by atoms with van der Waals surface area (Å²) in [7, 11) is 0. The number of carboxylic acids is 1. The number of aliphatic carboxylic acids is 1. The van der Waals surface area contributed by atoms with E-state index in [0.717, 1.165) is 5.69 Å². The number of carbonyl (C=O) groups is 2. The summed E-state index contributed by atoms with van der Waals surface area (Å²) in [5, 5.41) is 13.4. The molecule has 106 valence electrons. The zero-order valence-corrected chi connectivity index (χ0v) is 11.9. The molecule has 0 spiro atoms. The van der Waals surface area contributed by atoms with Crippen LogP contribution in [0.25, 0.3) is 0 Å². The van der Waals surface area contributed by atoms with Crippen molar-refractivity contribution in [3.8, 4) is 0 Å². The predicted molar refractivity (Wildman–Crippen MR) is 73.3 cm³/mol.